The Hall–Kier alpha value is -2.43. The van der Waals surface area contributed by atoms with Crippen molar-refractivity contribution in [1.82, 2.24) is 15.3 Å². The quantitative estimate of drug-likeness (QED) is 0.880. The highest BCUT2D eigenvalue weighted by atomic mass is 16.1. The van der Waals surface area contributed by atoms with Gasteiger partial charge in [0, 0.05) is 37.9 Å². The van der Waals surface area contributed by atoms with Crippen molar-refractivity contribution in [3.63, 3.8) is 0 Å². The summed E-state index contributed by atoms with van der Waals surface area (Å²) in [7, 11) is 0. The van der Waals surface area contributed by atoms with Gasteiger partial charge in [-0.2, -0.15) is 0 Å². The van der Waals surface area contributed by atoms with E-state index >= 15 is 0 Å². The number of carbonyl (C=O) groups is 1. The molecule has 0 saturated carbocycles. The van der Waals surface area contributed by atoms with Crippen molar-refractivity contribution in [2.24, 2.45) is 5.92 Å². The molecule has 1 fully saturated rings. The van der Waals surface area contributed by atoms with Crippen LogP contribution in [-0.4, -0.2) is 35.5 Å². The molecule has 25 heavy (non-hydrogen) atoms. The molecule has 1 aliphatic rings. The van der Waals surface area contributed by atoms with E-state index in [0.717, 1.165) is 44.8 Å². The molecule has 5 heteroatoms. The van der Waals surface area contributed by atoms with Crippen LogP contribution < -0.4 is 10.2 Å². The van der Waals surface area contributed by atoms with Crippen LogP contribution in [0, 0.1) is 5.92 Å². The van der Waals surface area contributed by atoms with Crippen molar-refractivity contribution in [1.29, 1.82) is 0 Å². The molecule has 2 aromatic rings. The molecule has 1 N–H and O–H groups in total. The fourth-order valence-corrected chi connectivity index (χ4v) is 3.30. The standard InChI is InChI=1S/C20H26N4O/c1-16(17-6-3-2-4-7-17)8-13-21-19(25)18-9-14-24(15-10-18)20-22-11-5-12-23-20/h2-7,11-12,16,18H,8-10,13-15H2,1H3,(H,21,25)/t16-/m1/s1. The number of piperidine rings is 1. The molecule has 1 aromatic carbocycles. The van der Waals surface area contributed by atoms with Crippen LogP contribution in [-0.2, 0) is 4.79 Å². The normalized spacial score (nSPS) is 16.4. The fourth-order valence-electron chi connectivity index (χ4n) is 3.30. The first-order valence-electron chi connectivity index (χ1n) is 9.08. The van der Waals surface area contributed by atoms with Crippen molar-refractivity contribution < 1.29 is 4.79 Å². The lowest BCUT2D eigenvalue weighted by Crippen LogP contribution is -2.41. The van der Waals surface area contributed by atoms with Crippen LogP contribution in [0.4, 0.5) is 5.95 Å². The smallest absolute Gasteiger partial charge is 0.225 e. The molecule has 5 nitrogen and oxygen atoms in total. The third-order valence-electron chi connectivity index (χ3n) is 4.95. The van der Waals surface area contributed by atoms with E-state index in [1.807, 2.05) is 12.1 Å². The zero-order valence-electron chi connectivity index (χ0n) is 14.8. The number of benzene rings is 1. The molecule has 2 heterocycles. The average molecular weight is 338 g/mol. The molecular formula is C20H26N4O. The van der Waals surface area contributed by atoms with Gasteiger partial charge in [0.25, 0.3) is 0 Å². The molecule has 0 radical (unpaired) electrons. The molecule has 0 bridgehead atoms. The van der Waals surface area contributed by atoms with E-state index in [1.165, 1.54) is 5.56 Å². The Balaban J connectivity index is 1.39. The zero-order chi connectivity index (χ0) is 17.5. The van der Waals surface area contributed by atoms with E-state index in [2.05, 4.69) is 51.4 Å². The number of anilines is 1. The van der Waals surface area contributed by atoms with Gasteiger partial charge in [0.15, 0.2) is 0 Å². The van der Waals surface area contributed by atoms with Crippen LogP contribution in [0.3, 0.4) is 0 Å². The Kier molecular flexibility index (Phi) is 5.99. The summed E-state index contributed by atoms with van der Waals surface area (Å²) in [6, 6.07) is 12.3. The predicted octanol–water partition coefficient (Wildman–Crippen LogP) is 3.00. The van der Waals surface area contributed by atoms with Gasteiger partial charge >= 0.3 is 0 Å². The van der Waals surface area contributed by atoms with Crippen LogP contribution in [0.15, 0.2) is 48.8 Å². The molecule has 1 aromatic heterocycles. The second kappa shape index (κ2) is 8.60. The second-order valence-electron chi connectivity index (χ2n) is 6.70. The highest BCUT2D eigenvalue weighted by molar-refractivity contribution is 5.78. The maximum absolute atomic E-state index is 12.4. The molecule has 132 valence electrons. The number of rotatable bonds is 6. The van der Waals surface area contributed by atoms with Gasteiger partial charge in [-0.05, 0) is 36.8 Å². The topological polar surface area (TPSA) is 58.1 Å². The van der Waals surface area contributed by atoms with E-state index in [0.29, 0.717) is 5.92 Å². The molecule has 1 amide bonds. The number of hydrogen-bond donors (Lipinski definition) is 1. The Morgan fingerprint density at radius 2 is 1.84 bits per heavy atom. The van der Waals surface area contributed by atoms with E-state index in [1.54, 1.807) is 12.4 Å². The van der Waals surface area contributed by atoms with Gasteiger partial charge in [-0.3, -0.25) is 4.79 Å². The first kappa shape index (κ1) is 17.4. The van der Waals surface area contributed by atoms with Crippen molar-refractivity contribution in [2.45, 2.75) is 32.1 Å². The summed E-state index contributed by atoms with van der Waals surface area (Å²) in [5, 5.41) is 3.12. The largest absolute Gasteiger partial charge is 0.356 e. The third-order valence-corrected chi connectivity index (χ3v) is 4.95. The van der Waals surface area contributed by atoms with Crippen molar-refractivity contribution in [3.8, 4) is 0 Å². The number of nitrogens with zero attached hydrogens (tertiary/aromatic N) is 3. The van der Waals surface area contributed by atoms with Crippen LogP contribution in [0.5, 0.6) is 0 Å². The number of carbonyl (C=O) groups excluding carboxylic acids is 1. The monoisotopic (exact) mass is 338 g/mol. The minimum atomic E-state index is 0.104. The minimum Gasteiger partial charge on any atom is -0.356 e. The fraction of sp³-hybridized carbons (Fsp3) is 0.450. The maximum atomic E-state index is 12.4. The van der Waals surface area contributed by atoms with E-state index in [9.17, 15) is 4.79 Å². The third kappa shape index (κ3) is 4.78. The lowest BCUT2D eigenvalue weighted by atomic mass is 9.95. The first-order valence-corrected chi connectivity index (χ1v) is 9.08. The molecule has 1 atom stereocenters. The van der Waals surface area contributed by atoms with Crippen LogP contribution in [0.25, 0.3) is 0 Å². The first-order chi connectivity index (χ1) is 12.2. The maximum Gasteiger partial charge on any atom is 0.225 e. The summed E-state index contributed by atoms with van der Waals surface area (Å²) >= 11 is 0. The Morgan fingerprint density at radius 1 is 1.16 bits per heavy atom. The van der Waals surface area contributed by atoms with Crippen LogP contribution >= 0.6 is 0 Å². The van der Waals surface area contributed by atoms with Gasteiger partial charge < -0.3 is 10.2 Å². The number of nitrogens with one attached hydrogen (secondary N) is 1. The van der Waals surface area contributed by atoms with Crippen LogP contribution in [0.2, 0.25) is 0 Å². The number of hydrogen-bond acceptors (Lipinski definition) is 4. The van der Waals surface area contributed by atoms with Gasteiger partial charge in [-0.15, -0.1) is 0 Å². The minimum absolute atomic E-state index is 0.104. The Labute approximate surface area is 149 Å². The van der Waals surface area contributed by atoms with E-state index in [-0.39, 0.29) is 11.8 Å². The number of amides is 1. The lowest BCUT2D eigenvalue weighted by molar-refractivity contribution is -0.125. The van der Waals surface area contributed by atoms with Crippen molar-refractivity contribution in [2.75, 3.05) is 24.5 Å². The van der Waals surface area contributed by atoms with Crippen molar-refractivity contribution >= 4 is 11.9 Å². The molecule has 0 unspecified atom stereocenters. The van der Waals surface area contributed by atoms with Gasteiger partial charge in [0.1, 0.15) is 0 Å². The molecular weight excluding hydrogens is 312 g/mol. The van der Waals surface area contributed by atoms with E-state index < -0.39 is 0 Å². The zero-order valence-corrected chi connectivity index (χ0v) is 14.8. The SMILES string of the molecule is C[C@H](CCNC(=O)C1CCN(c2ncccn2)CC1)c1ccccc1. The van der Waals surface area contributed by atoms with Crippen LogP contribution in [0.1, 0.15) is 37.7 Å². The van der Waals surface area contributed by atoms with Gasteiger partial charge in [-0.25, -0.2) is 9.97 Å². The van der Waals surface area contributed by atoms with E-state index in [4.69, 9.17) is 0 Å². The highest BCUT2D eigenvalue weighted by Gasteiger charge is 2.25. The predicted molar refractivity (Wildman–Crippen MR) is 99.5 cm³/mol. The lowest BCUT2D eigenvalue weighted by Gasteiger charge is -2.31. The Morgan fingerprint density at radius 3 is 2.52 bits per heavy atom. The molecule has 0 spiro atoms. The summed E-state index contributed by atoms with van der Waals surface area (Å²) in [4.78, 5) is 23.1. The second-order valence-corrected chi connectivity index (χ2v) is 6.70. The summed E-state index contributed by atoms with van der Waals surface area (Å²) in [6.45, 7) is 4.61. The Bertz CT molecular complexity index is 654. The summed E-state index contributed by atoms with van der Waals surface area (Å²) in [5.74, 6) is 1.51. The summed E-state index contributed by atoms with van der Waals surface area (Å²) in [6.07, 6.45) is 6.20. The summed E-state index contributed by atoms with van der Waals surface area (Å²) < 4.78 is 0. The van der Waals surface area contributed by atoms with Gasteiger partial charge in [-0.1, -0.05) is 37.3 Å². The number of aromatic nitrogens is 2. The molecule has 1 aliphatic heterocycles. The average Bonchev–Trinajstić information content (AvgIpc) is 2.69. The summed E-state index contributed by atoms with van der Waals surface area (Å²) in [5.41, 5.74) is 1.33. The van der Waals surface area contributed by atoms with Gasteiger partial charge in [0.2, 0.25) is 11.9 Å². The van der Waals surface area contributed by atoms with Crippen molar-refractivity contribution in [3.05, 3.63) is 54.4 Å². The van der Waals surface area contributed by atoms with Gasteiger partial charge in [0.05, 0.1) is 0 Å². The molecule has 3 rings (SSSR count). The highest BCUT2D eigenvalue weighted by Crippen LogP contribution is 2.21. The molecule has 0 aliphatic carbocycles. The molecule has 1 saturated heterocycles.